The van der Waals surface area contributed by atoms with Gasteiger partial charge in [-0.25, -0.2) is 44.0 Å². The molecule has 3 atom stereocenters. The number of imidazole rings is 3. The number of esters is 2. The van der Waals surface area contributed by atoms with E-state index in [-0.39, 0.29) is 104 Å². The van der Waals surface area contributed by atoms with E-state index < -0.39 is 70.1 Å². The minimum Gasteiger partial charge on any atom is -0.480 e. The van der Waals surface area contributed by atoms with Crippen molar-refractivity contribution in [2.75, 3.05) is 48.3 Å². The highest BCUT2D eigenvalue weighted by Crippen LogP contribution is 2.49. The number of carbonyl (C=O) groups excluding carboxylic acids is 7. The van der Waals surface area contributed by atoms with Crippen molar-refractivity contribution in [3.8, 4) is 0 Å². The van der Waals surface area contributed by atoms with Gasteiger partial charge in [-0.3, -0.25) is 46.9 Å². The molecule has 9 aromatic rings. The van der Waals surface area contributed by atoms with Crippen molar-refractivity contribution in [1.82, 2.24) is 39.3 Å². The van der Waals surface area contributed by atoms with E-state index in [2.05, 4.69) is 86.5 Å². The molecule has 6 N–H and O–H groups in total. The van der Waals surface area contributed by atoms with Gasteiger partial charge in [-0.15, -0.1) is 12.4 Å². The van der Waals surface area contributed by atoms with E-state index in [4.69, 9.17) is 90.9 Å². The predicted molar refractivity (Wildman–Crippen MR) is 468 cm³/mol. The van der Waals surface area contributed by atoms with Crippen molar-refractivity contribution < 1.29 is 73.3 Å². The molecule has 0 bridgehead atoms. The summed E-state index contributed by atoms with van der Waals surface area (Å²) in [7, 11) is -1.00. The zero-order valence-corrected chi connectivity index (χ0v) is 74.4. The van der Waals surface area contributed by atoms with Crippen LogP contribution in [0, 0.1) is 0 Å². The minimum atomic E-state index is -1.29. The Balaban J connectivity index is 0.000000172. The Morgan fingerprint density at radius 1 is 0.517 bits per heavy atom. The third-order valence-corrected chi connectivity index (χ3v) is 23.3. The molecule has 1 saturated heterocycles. The van der Waals surface area contributed by atoms with Crippen LogP contribution in [0.1, 0.15) is 122 Å². The molecule has 0 unspecified atom stereocenters. The fourth-order valence-electron chi connectivity index (χ4n) is 13.9. The van der Waals surface area contributed by atoms with Crippen molar-refractivity contribution in [2.24, 2.45) is 5.73 Å². The van der Waals surface area contributed by atoms with E-state index in [1.165, 1.54) is 62.9 Å². The molecule has 3 aliphatic carbocycles. The van der Waals surface area contributed by atoms with Crippen LogP contribution in [-0.4, -0.2) is 142 Å². The minimum absolute atomic E-state index is 0. The molecule has 120 heavy (non-hydrogen) atoms. The molecule has 3 aromatic heterocycles. The summed E-state index contributed by atoms with van der Waals surface area (Å²) in [5.41, 5.74) is 2.91. The van der Waals surface area contributed by atoms with Crippen LogP contribution in [-0.2, 0) is 78.9 Å². The maximum Gasteiger partial charge on any atom is 0.354 e. The van der Waals surface area contributed by atoms with Gasteiger partial charge in [-0.1, -0.05) is 179 Å². The standard InChI is InChI=1S/C27H23BrCl2N4O4.C24H19BrCl2N4O4.C20H14BrCl2N3O3.C7H11NO2.C4H8O.CH3F.ClH/c1-3-10-38-24(37)27(8-9-27)32-22(35)21-15-31-25-33(20-12-18(29)11-19(30)13-20)23(36)26(2,34(21)25)14-16-4-6-17(28)7-5-16;1-23(11-13-2-4-14(25)5-3-13)20(33)30(17-9-15(26)8-16(27)10-17)22-28-12-18(31(22)23)19(32)29-24(6-7-24)21(34)35;1-20(9-11-2-4-12(21)5-3-11)18(29)25(15-7-13(22)6-14(23)8-15)19-24-10-16(17(27)28)26(19)20;1-2-5-10-6(9)7(8)3-4-7;1-2-4-5-3-1;1-2;/h3-7,11-13,15H,1,8-10,14H2,2H3,(H,32,35);2-5,8-10,12H,6-7,11H2,1H3,(H,29,32)(H,34,35);2-8,10H,9H2,1H3,(H,27,28);2H,1,3-5,8H2;1-4H2;1H3;1H/t26-;23-;20-;;;;/m111..../s1/i;;;;;1D;. The highest BCUT2D eigenvalue weighted by atomic mass is 79.9. The van der Waals surface area contributed by atoms with Gasteiger partial charge in [0.25, 0.3) is 29.5 Å². The third-order valence-electron chi connectivity index (χ3n) is 20.4. The molecule has 7 heterocycles. The number of rotatable bonds is 21. The highest BCUT2D eigenvalue weighted by molar-refractivity contribution is 9.11. The molecule has 4 aliphatic heterocycles. The van der Waals surface area contributed by atoms with Crippen LogP contribution < -0.4 is 31.1 Å². The van der Waals surface area contributed by atoms with E-state index in [1.54, 1.807) is 84.5 Å². The summed E-state index contributed by atoms with van der Waals surface area (Å²) in [5.74, 6) is -4.46. The number of amides is 5. The SMILES string of the molecule is C1CCOC1.C=CCOC(=O)C1(N)CC1.C=CCOC(=O)C1(NC(=O)c2cnc3n2[C@](C)(Cc2ccc(Br)cc2)C(=O)N3c2cc(Cl)cc(Cl)c2)CC1.C[C@@]1(Cc2ccc(Br)cc2)C(=O)N(c2cc(Cl)cc(Cl)c2)c2ncc(C(=O)NC3(C(=O)O)CC3)n21.C[C@@]1(Cc2ccc(Br)cc2)C(=O)N(c2cc(Cl)cc(Cl)c2)c2ncc(C(=O)O)n21.Cl.[2H]CF. The van der Waals surface area contributed by atoms with Gasteiger partial charge in [0.1, 0.15) is 63.5 Å². The monoisotopic (exact) mass is 1970 g/mol. The van der Waals surface area contributed by atoms with E-state index >= 15 is 0 Å². The fraction of sp³-hybridized carbons (Fsp3) is 0.301. The molecular formula is C83H79Br3Cl7FN12O14. The van der Waals surface area contributed by atoms with E-state index in [0.29, 0.717) is 72.9 Å². The zero-order valence-electron chi connectivity index (χ0n) is 65.3. The second-order valence-corrected chi connectivity index (χ2v) is 34.7. The summed E-state index contributed by atoms with van der Waals surface area (Å²) in [6.07, 6.45) is 13.5. The normalized spacial score (nSPS) is 19.1. The number of hydrogen-bond acceptors (Lipinski definition) is 16. The van der Waals surface area contributed by atoms with Crippen molar-refractivity contribution in [1.29, 1.82) is 0 Å². The van der Waals surface area contributed by atoms with Gasteiger partial charge in [0.2, 0.25) is 17.8 Å². The molecule has 632 valence electrons. The first-order valence-corrected chi connectivity index (χ1v) is 41.4. The summed E-state index contributed by atoms with van der Waals surface area (Å²) in [4.78, 5) is 133. The maximum atomic E-state index is 14.1. The van der Waals surface area contributed by atoms with Crippen LogP contribution in [0.2, 0.25) is 30.1 Å². The molecule has 7 aliphatic rings. The number of aliphatic carboxylic acids is 1. The molecule has 0 spiro atoms. The summed E-state index contributed by atoms with van der Waals surface area (Å²) in [5, 5.41) is 26.7. The molecule has 16 rings (SSSR count). The van der Waals surface area contributed by atoms with Gasteiger partial charge in [-0.2, -0.15) is 0 Å². The molecule has 6 aromatic carbocycles. The molecule has 3 saturated carbocycles. The van der Waals surface area contributed by atoms with Gasteiger partial charge in [0, 0.05) is 76.0 Å². The number of carboxylic acids is 2. The van der Waals surface area contributed by atoms with Gasteiger partial charge in [0.05, 0.1) is 44.2 Å². The summed E-state index contributed by atoms with van der Waals surface area (Å²) < 4.78 is 37.7. The summed E-state index contributed by atoms with van der Waals surface area (Å²) in [6, 6.07) is 36.9. The quantitative estimate of drug-likeness (QED) is 0.0329. The number of benzene rings is 6. The van der Waals surface area contributed by atoms with E-state index in [1.807, 2.05) is 72.8 Å². The van der Waals surface area contributed by atoms with Crippen LogP contribution in [0.4, 0.5) is 39.3 Å². The number of aromatic carboxylic acids is 1. The Bertz CT molecular complexity index is 5410. The molecule has 26 nitrogen and oxygen atoms in total. The number of carbonyl (C=O) groups is 9. The molecule has 5 amide bonds. The zero-order chi connectivity index (χ0) is 87.1. The van der Waals surface area contributed by atoms with E-state index in [9.17, 15) is 57.8 Å². The Morgan fingerprint density at radius 3 is 1.07 bits per heavy atom. The Kier molecular flexibility index (Phi) is 29.5. The first-order valence-electron chi connectivity index (χ1n) is 37.4. The number of anilines is 6. The lowest BCUT2D eigenvalue weighted by molar-refractivity contribution is -0.146. The smallest absolute Gasteiger partial charge is 0.354 e. The number of aromatic nitrogens is 6. The number of carboxylic acid groups (broad SMARTS) is 2. The average molecular weight is 1980 g/mol. The third kappa shape index (κ3) is 20.2. The lowest BCUT2D eigenvalue weighted by Crippen LogP contribution is -2.47. The lowest BCUT2D eigenvalue weighted by Gasteiger charge is -2.27. The average Bonchev–Trinajstić information content (AvgIpc) is 1.56. The maximum absolute atomic E-state index is 14.1. The van der Waals surface area contributed by atoms with Crippen LogP contribution >= 0.6 is 130 Å². The van der Waals surface area contributed by atoms with Crippen molar-refractivity contribution in [3.05, 3.63) is 249 Å². The molecule has 37 heteroatoms. The van der Waals surface area contributed by atoms with Gasteiger partial charge < -0.3 is 40.8 Å². The number of nitrogens with two attached hydrogens (primary N) is 1. The summed E-state index contributed by atoms with van der Waals surface area (Å²) in [6.45, 7) is 14.5. The van der Waals surface area contributed by atoms with Gasteiger partial charge in [-0.05, 0) is 180 Å². The Hall–Kier alpha value is -9.02. The Labute approximate surface area is 752 Å². The first-order chi connectivity index (χ1) is 56.9. The largest absolute Gasteiger partial charge is 0.480 e. The number of nitrogens with one attached hydrogen (secondary N) is 2. The van der Waals surface area contributed by atoms with Gasteiger partial charge in [0.15, 0.2) is 0 Å². The van der Waals surface area contributed by atoms with Crippen LogP contribution in [0.15, 0.2) is 185 Å². The highest BCUT2D eigenvalue weighted by Gasteiger charge is 2.58. The predicted octanol–water partition coefficient (Wildman–Crippen LogP) is 17.8. The second-order valence-electron chi connectivity index (χ2n) is 29.3. The summed E-state index contributed by atoms with van der Waals surface area (Å²) >= 11 is 47.4. The van der Waals surface area contributed by atoms with Crippen molar-refractivity contribution >= 4 is 218 Å². The van der Waals surface area contributed by atoms with Crippen molar-refractivity contribution in [3.63, 3.8) is 0 Å². The fourth-order valence-corrected chi connectivity index (χ4v) is 16.2. The Morgan fingerprint density at radius 2 is 0.808 bits per heavy atom. The molecular weight excluding hydrogens is 1900 g/mol. The topological polar surface area (TPSA) is 335 Å². The number of ether oxygens (including phenoxy) is 3. The second kappa shape index (κ2) is 38.6. The van der Waals surface area contributed by atoms with Crippen LogP contribution in [0.5, 0.6) is 0 Å². The van der Waals surface area contributed by atoms with E-state index in [0.717, 1.165) is 56.2 Å². The number of halogens is 11. The van der Waals surface area contributed by atoms with Crippen molar-refractivity contribution in [2.45, 2.75) is 125 Å². The van der Waals surface area contributed by atoms with Crippen LogP contribution in [0.3, 0.4) is 0 Å². The van der Waals surface area contributed by atoms with Crippen LogP contribution in [0.25, 0.3) is 0 Å². The number of hydrogen-bond donors (Lipinski definition) is 5. The lowest BCUT2D eigenvalue weighted by atomic mass is 9.91. The number of alkyl halides is 1. The molecule has 0 radical (unpaired) electrons. The first kappa shape index (κ1) is 91.7. The number of fused-ring (bicyclic) bond motifs is 3. The number of nitrogens with zero attached hydrogens (tertiary/aromatic N) is 9. The molecule has 4 fully saturated rings. The van der Waals surface area contributed by atoms with Gasteiger partial charge >= 0.3 is 23.9 Å².